The Hall–Kier alpha value is -2.47. The molecule has 2 bridgehead atoms. The fourth-order valence-electron chi connectivity index (χ4n) is 5.49. The van der Waals surface area contributed by atoms with Crippen LogP contribution in [0.1, 0.15) is 17.7 Å². The van der Waals surface area contributed by atoms with E-state index in [1.54, 1.807) is 6.07 Å². The monoisotopic (exact) mass is 450 g/mol. The first-order valence-corrected chi connectivity index (χ1v) is 10.8. The van der Waals surface area contributed by atoms with E-state index in [1.807, 2.05) is 31.2 Å². The van der Waals surface area contributed by atoms with Crippen molar-refractivity contribution in [2.75, 3.05) is 0 Å². The van der Waals surface area contributed by atoms with Gasteiger partial charge < -0.3 is 4.42 Å². The number of benzene rings is 1. The highest BCUT2D eigenvalue weighted by atomic mass is 79.9. The number of aryl methyl sites for hydroxylation is 1. The summed E-state index contributed by atoms with van der Waals surface area (Å²) >= 11 is 3.54. The molecule has 0 N–H and O–H groups in total. The Morgan fingerprint density at radius 1 is 1.07 bits per heavy atom. The molecule has 6 atom stereocenters. The summed E-state index contributed by atoms with van der Waals surface area (Å²) in [5, 5.41) is 5.31. The summed E-state index contributed by atoms with van der Waals surface area (Å²) in [6.07, 6.45) is 6.95. The number of hydrazone groups is 1. The minimum Gasteiger partial charge on any atom is -0.455 e. The summed E-state index contributed by atoms with van der Waals surface area (Å²) in [6.45, 7) is 2.03. The van der Waals surface area contributed by atoms with Gasteiger partial charge in [-0.15, -0.1) is 0 Å². The quantitative estimate of drug-likeness (QED) is 0.395. The molecule has 29 heavy (non-hydrogen) atoms. The summed E-state index contributed by atoms with van der Waals surface area (Å²) < 4.78 is 6.87. The molecule has 2 heterocycles. The van der Waals surface area contributed by atoms with Crippen LogP contribution in [-0.4, -0.2) is 23.0 Å². The molecule has 7 rings (SSSR count). The standard InChI is InChI=1S/C23H19BrN2O3/c1-11-2-3-12(8-18(11)24)19-7-4-13(29-19)10-25-26-22(27)20-14-5-6-15(17-9-16(14)17)21(20)23(26)28/h2-8,10,14-17,20-21H,9H2,1H3/b25-10-/t14-,15-,16-,17+,20+,21+/m0/s1. The average Bonchev–Trinajstić information content (AvgIpc) is 3.36. The van der Waals surface area contributed by atoms with Gasteiger partial charge in [0.15, 0.2) is 0 Å². The van der Waals surface area contributed by atoms with Crippen molar-refractivity contribution in [1.82, 2.24) is 5.01 Å². The number of allylic oxidation sites excluding steroid dienone is 2. The van der Waals surface area contributed by atoms with Gasteiger partial charge in [-0.25, -0.2) is 0 Å². The summed E-state index contributed by atoms with van der Waals surface area (Å²) in [4.78, 5) is 25.9. The lowest BCUT2D eigenvalue weighted by Crippen LogP contribution is -2.40. The average molecular weight is 451 g/mol. The molecule has 1 aromatic carbocycles. The molecule has 3 fully saturated rings. The fraction of sp³-hybridized carbons (Fsp3) is 0.348. The third-order valence-corrected chi connectivity index (χ3v) is 7.88. The number of hydrogen-bond donors (Lipinski definition) is 0. The Morgan fingerprint density at radius 2 is 1.76 bits per heavy atom. The van der Waals surface area contributed by atoms with Crippen molar-refractivity contribution in [1.29, 1.82) is 0 Å². The second kappa shape index (κ2) is 6.02. The van der Waals surface area contributed by atoms with E-state index in [4.69, 9.17) is 4.42 Å². The molecule has 4 aliphatic carbocycles. The van der Waals surface area contributed by atoms with Crippen LogP contribution < -0.4 is 0 Å². The van der Waals surface area contributed by atoms with Crippen LogP contribution >= 0.6 is 15.9 Å². The van der Waals surface area contributed by atoms with Crippen LogP contribution in [0.15, 0.2) is 56.5 Å². The zero-order chi connectivity index (χ0) is 19.9. The largest absolute Gasteiger partial charge is 0.455 e. The lowest BCUT2D eigenvalue weighted by molar-refractivity contribution is -0.140. The maximum atomic E-state index is 12.9. The number of amides is 2. The van der Waals surface area contributed by atoms with Crippen molar-refractivity contribution in [3.8, 4) is 11.3 Å². The van der Waals surface area contributed by atoms with Crippen LogP contribution in [0, 0.1) is 42.4 Å². The normalized spacial score (nSPS) is 34.2. The van der Waals surface area contributed by atoms with E-state index < -0.39 is 0 Å². The molecule has 5 nitrogen and oxygen atoms in total. The Labute approximate surface area is 176 Å². The van der Waals surface area contributed by atoms with Crippen LogP contribution in [0.25, 0.3) is 11.3 Å². The van der Waals surface area contributed by atoms with Gasteiger partial charge in [-0.2, -0.15) is 10.1 Å². The molecule has 146 valence electrons. The zero-order valence-corrected chi connectivity index (χ0v) is 17.4. The van der Waals surface area contributed by atoms with Crippen LogP contribution in [0.5, 0.6) is 0 Å². The van der Waals surface area contributed by atoms with Crippen LogP contribution in [0.2, 0.25) is 0 Å². The van der Waals surface area contributed by atoms with Gasteiger partial charge in [0.05, 0.1) is 18.1 Å². The van der Waals surface area contributed by atoms with Gasteiger partial charge >= 0.3 is 0 Å². The van der Waals surface area contributed by atoms with Gasteiger partial charge in [-0.1, -0.05) is 40.2 Å². The van der Waals surface area contributed by atoms with E-state index in [1.165, 1.54) is 6.21 Å². The predicted octanol–water partition coefficient (Wildman–Crippen LogP) is 4.40. The van der Waals surface area contributed by atoms with Crippen LogP contribution in [0.4, 0.5) is 0 Å². The number of furan rings is 1. The molecule has 2 amide bonds. The van der Waals surface area contributed by atoms with E-state index in [9.17, 15) is 9.59 Å². The van der Waals surface area contributed by atoms with Crippen molar-refractivity contribution in [3.05, 3.63) is 58.3 Å². The van der Waals surface area contributed by atoms with E-state index in [0.29, 0.717) is 23.4 Å². The smallest absolute Gasteiger partial charge is 0.254 e. The first kappa shape index (κ1) is 17.4. The zero-order valence-electron chi connectivity index (χ0n) is 15.8. The van der Waals surface area contributed by atoms with Crippen molar-refractivity contribution in [2.45, 2.75) is 13.3 Å². The second-order valence-electron chi connectivity index (χ2n) is 8.55. The fourth-order valence-corrected chi connectivity index (χ4v) is 5.87. The molecule has 1 aliphatic heterocycles. The number of imide groups is 1. The SMILES string of the molecule is Cc1ccc(-c2ccc(/C=N\N3C(=O)[C@@H]4[C@H]5C=C[C@@H]([C@@H]6C[C@H]56)[C@H]4C3=O)o2)cc1Br. The van der Waals surface area contributed by atoms with Crippen molar-refractivity contribution < 1.29 is 14.0 Å². The molecule has 6 heteroatoms. The van der Waals surface area contributed by atoms with E-state index in [0.717, 1.165) is 27.0 Å². The van der Waals surface area contributed by atoms with Crippen molar-refractivity contribution in [2.24, 2.45) is 40.6 Å². The minimum atomic E-state index is -0.226. The first-order valence-electron chi connectivity index (χ1n) is 9.99. The predicted molar refractivity (Wildman–Crippen MR) is 111 cm³/mol. The summed E-state index contributed by atoms with van der Waals surface area (Å²) in [6, 6.07) is 9.67. The molecule has 2 saturated carbocycles. The van der Waals surface area contributed by atoms with Gasteiger partial charge in [-0.3, -0.25) is 9.59 Å². The lowest BCUT2D eigenvalue weighted by Gasteiger charge is -2.37. The molecule has 0 unspecified atom stereocenters. The van der Waals surface area contributed by atoms with Crippen LogP contribution in [-0.2, 0) is 9.59 Å². The molecule has 1 saturated heterocycles. The van der Waals surface area contributed by atoms with Gasteiger partial charge in [0.2, 0.25) is 0 Å². The number of halogens is 1. The molecule has 2 aromatic rings. The number of carbonyl (C=O) groups is 2. The topological polar surface area (TPSA) is 62.9 Å². The Bertz CT molecular complexity index is 1080. The van der Waals surface area contributed by atoms with Gasteiger partial charge in [-0.05, 0) is 60.8 Å². The molecule has 0 radical (unpaired) electrons. The second-order valence-corrected chi connectivity index (χ2v) is 9.41. The lowest BCUT2D eigenvalue weighted by atomic mass is 9.63. The van der Waals surface area contributed by atoms with Crippen molar-refractivity contribution in [3.63, 3.8) is 0 Å². The highest BCUT2D eigenvalue weighted by Gasteiger charge is 2.67. The highest BCUT2D eigenvalue weighted by molar-refractivity contribution is 9.10. The first-order chi connectivity index (χ1) is 14.0. The number of rotatable bonds is 3. The Balaban J connectivity index is 1.24. The summed E-state index contributed by atoms with van der Waals surface area (Å²) in [7, 11) is 0. The third kappa shape index (κ3) is 2.48. The number of nitrogens with zero attached hydrogens (tertiary/aromatic N) is 2. The third-order valence-electron chi connectivity index (χ3n) is 7.02. The maximum Gasteiger partial charge on any atom is 0.254 e. The van der Waals surface area contributed by atoms with Gasteiger partial charge in [0.1, 0.15) is 11.5 Å². The molecule has 5 aliphatic rings. The highest BCUT2D eigenvalue weighted by Crippen LogP contribution is 2.65. The van der Waals surface area contributed by atoms with Crippen molar-refractivity contribution >= 4 is 34.0 Å². The van der Waals surface area contributed by atoms with Crippen LogP contribution in [0.3, 0.4) is 0 Å². The minimum absolute atomic E-state index is 0.157. The Morgan fingerprint density at radius 3 is 2.41 bits per heavy atom. The van der Waals surface area contributed by atoms with E-state index in [2.05, 4.69) is 33.2 Å². The molecular weight excluding hydrogens is 432 g/mol. The molecule has 0 spiro atoms. The van der Waals surface area contributed by atoms with E-state index in [-0.39, 0.29) is 35.5 Å². The number of hydrogen-bond acceptors (Lipinski definition) is 4. The molecule has 1 aromatic heterocycles. The Kier molecular flexibility index (Phi) is 3.61. The van der Waals surface area contributed by atoms with E-state index >= 15 is 0 Å². The maximum absolute atomic E-state index is 12.9. The number of carbonyl (C=O) groups excluding carboxylic acids is 2. The summed E-state index contributed by atoms with van der Waals surface area (Å²) in [5.74, 6) is 2.06. The summed E-state index contributed by atoms with van der Waals surface area (Å²) in [5.41, 5.74) is 2.10. The van der Waals surface area contributed by atoms with Gasteiger partial charge in [0.25, 0.3) is 11.8 Å². The molecular formula is C23H19BrN2O3. The van der Waals surface area contributed by atoms with Gasteiger partial charge in [0, 0.05) is 10.0 Å².